The summed E-state index contributed by atoms with van der Waals surface area (Å²) >= 11 is 0. The minimum Gasteiger partial charge on any atom is -0.383 e. The highest BCUT2D eigenvalue weighted by molar-refractivity contribution is 5.59. The van der Waals surface area contributed by atoms with Crippen LogP contribution in [0.25, 0.3) is 0 Å². The van der Waals surface area contributed by atoms with Crippen LogP contribution in [0.15, 0.2) is 33.7 Å². The topological polar surface area (TPSA) is 105 Å². The van der Waals surface area contributed by atoms with Crippen molar-refractivity contribution in [3.63, 3.8) is 0 Å². The third kappa shape index (κ3) is 2.64. The molecule has 8 nitrogen and oxygen atoms in total. The number of aromatic amines is 1. The van der Waals surface area contributed by atoms with Crippen LogP contribution in [0.4, 0.5) is 11.5 Å². The van der Waals surface area contributed by atoms with Gasteiger partial charge in [0.1, 0.15) is 17.6 Å². The summed E-state index contributed by atoms with van der Waals surface area (Å²) in [6.07, 6.45) is 2.96. The Hall–Kier alpha value is -2.64. The summed E-state index contributed by atoms with van der Waals surface area (Å²) in [5, 5.41) is 13.3. The summed E-state index contributed by atoms with van der Waals surface area (Å²) in [7, 11) is 0. The molecule has 0 atom stereocenters. The van der Waals surface area contributed by atoms with Crippen molar-refractivity contribution >= 4 is 11.5 Å². The van der Waals surface area contributed by atoms with E-state index in [0.717, 1.165) is 12.8 Å². The third-order valence-electron chi connectivity index (χ3n) is 3.72. The lowest BCUT2D eigenvalue weighted by molar-refractivity contribution is -0.388. The first-order valence-electron chi connectivity index (χ1n) is 6.68. The predicted octanol–water partition coefficient (Wildman–Crippen LogP) is 1.66. The van der Waals surface area contributed by atoms with Crippen molar-refractivity contribution in [3.05, 3.63) is 50.6 Å². The number of anilines is 1. The van der Waals surface area contributed by atoms with Crippen molar-refractivity contribution in [2.75, 3.05) is 18.0 Å². The highest BCUT2D eigenvalue weighted by Gasteiger charge is 2.27. The minimum absolute atomic E-state index is 0.121. The van der Waals surface area contributed by atoms with Crippen LogP contribution < -0.4 is 10.5 Å². The molecule has 1 aliphatic heterocycles. The summed E-state index contributed by atoms with van der Waals surface area (Å²) in [5.74, 6) is 0.695. The average molecular weight is 290 g/mol. The van der Waals surface area contributed by atoms with E-state index in [1.165, 1.54) is 12.3 Å². The number of aromatic nitrogens is 2. The van der Waals surface area contributed by atoms with E-state index in [-0.39, 0.29) is 17.3 Å². The van der Waals surface area contributed by atoms with E-state index in [1.54, 1.807) is 12.1 Å². The van der Waals surface area contributed by atoms with Gasteiger partial charge < -0.3 is 19.5 Å². The molecule has 0 unspecified atom stereocenters. The number of H-pyrrole nitrogens is 1. The molecule has 0 aliphatic carbocycles. The van der Waals surface area contributed by atoms with Gasteiger partial charge in [0.25, 0.3) is 5.56 Å². The molecule has 1 fully saturated rings. The van der Waals surface area contributed by atoms with Crippen LogP contribution in [0.1, 0.15) is 24.5 Å². The van der Waals surface area contributed by atoms with Gasteiger partial charge >= 0.3 is 5.82 Å². The second-order valence-electron chi connectivity index (χ2n) is 4.98. The van der Waals surface area contributed by atoms with E-state index in [9.17, 15) is 14.9 Å². The van der Waals surface area contributed by atoms with Gasteiger partial charge in [0.05, 0.1) is 0 Å². The Bertz CT molecular complexity index is 700. The molecular weight excluding hydrogens is 276 g/mol. The van der Waals surface area contributed by atoms with Crippen molar-refractivity contribution in [2.24, 2.45) is 0 Å². The lowest BCUT2D eigenvalue weighted by atomic mass is 9.94. The summed E-state index contributed by atoms with van der Waals surface area (Å²) in [6.45, 7) is 1.32. The molecule has 0 radical (unpaired) electrons. The molecule has 0 spiro atoms. The maximum absolute atomic E-state index is 11.1. The lowest BCUT2D eigenvalue weighted by Crippen LogP contribution is -2.33. The molecule has 2 aromatic rings. The second-order valence-corrected chi connectivity index (χ2v) is 4.98. The number of piperidine rings is 1. The van der Waals surface area contributed by atoms with Crippen molar-refractivity contribution < 1.29 is 9.45 Å². The molecule has 21 heavy (non-hydrogen) atoms. The van der Waals surface area contributed by atoms with Gasteiger partial charge in [-0.1, -0.05) is 0 Å². The summed E-state index contributed by atoms with van der Waals surface area (Å²) < 4.78 is 5.13. The molecule has 1 aliphatic rings. The lowest BCUT2D eigenvalue weighted by Gasteiger charge is -2.31. The Morgan fingerprint density at radius 2 is 2.19 bits per heavy atom. The van der Waals surface area contributed by atoms with Crippen LogP contribution in [0.3, 0.4) is 0 Å². The second kappa shape index (κ2) is 5.39. The van der Waals surface area contributed by atoms with Gasteiger partial charge in [-0.15, -0.1) is 0 Å². The fraction of sp³-hybridized carbons (Fsp3) is 0.385. The molecule has 1 N–H and O–H groups in total. The van der Waals surface area contributed by atoms with E-state index in [0.29, 0.717) is 24.5 Å². The molecule has 0 amide bonds. The largest absolute Gasteiger partial charge is 0.387 e. The number of nitrogens with one attached hydrogen (secondary N) is 1. The van der Waals surface area contributed by atoms with Crippen molar-refractivity contribution in [1.82, 2.24) is 10.1 Å². The number of hydrogen-bond donors (Lipinski definition) is 1. The van der Waals surface area contributed by atoms with E-state index in [1.807, 2.05) is 4.90 Å². The Balaban J connectivity index is 1.74. The zero-order chi connectivity index (χ0) is 14.8. The van der Waals surface area contributed by atoms with Gasteiger partial charge in [-0.25, -0.2) is 0 Å². The molecule has 3 heterocycles. The van der Waals surface area contributed by atoms with Crippen LogP contribution in [0.2, 0.25) is 0 Å². The molecule has 110 valence electrons. The molecule has 8 heteroatoms. The number of rotatable bonds is 3. The molecule has 2 aromatic heterocycles. The van der Waals surface area contributed by atoms with Crippen molar-refractivity contribution in [3.8, 4) is 0 Å². The Labute approximate surface area is 119 Å². The van der Waals surface area contributed by atoms with Crippen LogP contribution in [-0.4, -0.2) is 28.2 Å². The quantitative estimate of drug-likeness (QED) is 0.680. The highest BCUT2D eigenvalue weighted by atomic mass is 16.6. The van der Waals surface area contributed by atoms with E-state index < -0.39 is 4.92 Å². The highest BCUT2D eigenvalue weighted by Crippen LogP contribution is 2.32. The number of hydrogen-bond acceptors (Lipinski definition) is 6. The van der Waals surface area contributed by atoms with Crippen LogP contribution in [0, 0.1) is 10.1 Å². The Morgan fingerprint density at radius 1 is 1.43 bits per heavy atom. The maximum Gasteiger partial charge on any atom is 0.387 e. The van der Waals surface area contributed by atoms with Gasteiger partial charge in [-0.3, -0.25) is 4.79 Å². The zero-order valence-electron chi connectivity index (χ0n) is 11.2. The van der Waals surface area contributed by atoms with Crippen molar-refractivity contribution in [1.29, 1.82) is 0 Å². The van der Waals surface area contributed by atoms with Gasteiger partial charge in [-0.2, -0.15) is 5.16 Å². The Kier molecular flexibility index (Phi) is 3.43. The first-order chi connectivity index (χ1) is 10.1. The molecule has 0 saturated carbocycles. The summed E-state index contributed by atoms with van der Waals surface area (Å²) in [5.41, 5.74) is 0.298. The number of nitro groups is 1. The smallest absolute Gasteiger partial charge is 0.383 e. The van der Waals surface area contributed by atoms with Crippen LogP contribution in [0.5, 0.6) is 0 Å². The predicted molar refractivity (Wildman–Crippen MR) is 74.4 cm³/mol. The molecule has 1 saturated heterocycles. The fourth-order valence-electron chi connectivity index (χ4n) is 2.68. The van der Waals surface area contributed by atoms with Gasteiger partial charge in [0.15, 0.2) is 0 Å². The number of nitrogens with zero attached hydrogens (tertiary/aromatic N) is 3. The Morgan fingerprint density at radius 3 is 2.81 bits per heavy atom. The third-order valence-corrected chi connectivity index (χ3v) is 3.72. The SMILES string of the molecule is O=c1cc(C2CCN(c3cccnc3[N+](=O)[O-])CC2)o[nH]1. The standard InChI is InChI=1S/C13H14N4O4/c18-12-8-11(21-15-12)9-3-6-16(7-4-9)10-2-1-5-14-13(10)17(19)20/h1-2,5,8-9H,3-4,6-7H2,(H,15,18). The summed E-state index contributed by atoms with van der Waals surface area (Å²) in [4.78, 5) is 27.4. The zero-order valence-corrected chi connectivity index (χ0v) is 11.2. The van der Waals surface area contributed by atoms with Gasteiger partial charge in [0.2, 0.25) is 0 Å². The van der Waals surface area contributed by atoms with Crippen LogP contribution in [-0.2, 0) is 0 Å². The first kappa shape index (κ1) is 13.3. The molecular formula is C13H14N4O4. The number of pyridine rings is 1. The fourth-order valence-corrected chi connectivity index (χ4v) is 2.68. The van der Waals surface area contributed by atoms with E-state index >= 15 is 0 Å². The van der Waals surface area contributed by atoms with Gasteiger partial charge in [0, 0.05) is 25.1 Å². The molecule has 3 rings (SSSR count). The normalized spacial score (nSPS) is 16.1. The molecule has 0 bridgehead atoms. The first-order valence-corrected chi connectivity index (χ1v) is 6.68. The monoisotopic (exact) mass is 290 g/mol. The average Bonchev–Trinajstić information content (AvgIpc) is 2.94. The van der Waals surface area contributed by atoms with Gasteiger partial charge in [-0.05, 0) is 34.9 Å². The minimum atomic E-state index is -0.466. The van der Waals surface area contributed by atoms with Crippen LogP contribution >= 0.6 is 0 Å². The van der Waals surface area contributed by atoms with E-state index in [4.69, 9.17) is 4.52 Å². The van der Waals surface area contributed by atoms with Crippen molar-refractivity contribution in [2.45, 2.75) is 18.8 Å². The maximum atomic E-state index is 11.1. The van der Waals surface area contributed by atoms with E-state index in [2.05, 4.69) is 10.1 Å². The summed E-state index contributed by atoms with van der Waals surface area (Å²) in [6, 6.07) is 4.87. The molecule has 0 aromatic carbocycles.